The Morgan fingerprint density at radius 3 is 2.70 bits per heavy atom. The van der Waals surface area contributed by atoms with E-state index < -0.39 is 0 Å². The van der Waals surface area contributed by atoms with Crippen LogP contribution >= 0.6 is 39.9 Å². The Morgan fingerprint density at radius 1 is 1.11 bits per heavy atom. The van der Waals surface area contributed by atoms with Gasteiger partial charge in [0.05, 0.1) is 9.38 Å². The summed E-state index contributed by atoms with van der Waals surface area (Å²) >= 11 is 9.84. The van der Waals surface area contributed by atoms with Crippen LogP contribution in [0.25, 0.3) is 16.8 Å². The molecule has 1 aliphatic heterocycles. The molecule has 6 heteroatoms. The molecule has 4 rings (SSSR count). The number of nitrogens with one attached hydrogen (secondary N) is 1. The van der Waals surface area contributed by atoms with E-state index in [1.165, 1.54) is 22.5 Å². The number of carbonyl (C=O) groups excluding carboxylic acids is 1. The van der Waals surface area contributed by atoms with Gasteiger partial charge in [0.25, 0.3) is 5.91 Å². The Bertz CT molecular complexity index is 1090. The molecule has 0 aromatic heterocycles. The standard InChI is InChI=1S/C21H14BrNO2S2/c22-17-10-13(11-19-20(24)23-21(26)27-19)8-9-18(17)25-12-15-6-3-5-14-4-1-2-7-16(14)15/h1-11H,12H2,(H,23,24,26)/b19-11-. The van der Waals surface area contributed by atoms with E-state index in [4.69, 9.17) is 17.0 Å². The van der Waals surface area contributed by atoms with E-state index >= 15 is 0 Å². The van der Waals surface area contributed by atoms with Gasteiger partial charge in [-0.2, -0.15) is 0 Å². The molecule has 0 radical (unpaired) electrons. The van der Waals surface area contributed by atoms with Crippen LogP contribution in [0, 0.1) is 0 Å². The number of thioether (sulfide) groups is 1. The molecule has 0 aliphatic carbocycles. The molecule has 3 aromatic rings. The van der Waals surface area contributed by atoms with Crippen molar-refractivity contribution in [3.63, 3.8) is 0 Å². The fraction of sp³-hybridized carbons (Fsp3) is 0.0476. The maximum absolute atomic E-state index is 11.8. The van der Waals surface area contributed by atoms with E-state index in [1.807, 2.05) is 42.5 Å². The molecule has 3 aromatic carbocycles. The first-order chi connectivity index (χ1) is 13.1. The van der Waals surface area contributed by atoms with Gasteiger partial charge in [0, 0.05) is 0 Å². The minimum Gasteiger partial charge on any atom is -0.488 e. The van der Waals surface area contributed by atoms with Gasteiger partial charge in [0.2, 0.25) is 0 Å². The molecule has 0 atom stereocenters. The van der Waals surface area contributed by atoms with E-state index in [1.54, 1.807) is 0 Å². The summed E-state index contributed by atoms with van der Waals surface area (Å²) in [6, 6.07) is 20.2. The SMILES string of the molecule is O=C1NC(=S)S/C1=C\c1ccc(OCc2cccc3ccccc23)c(Br)c1. The third-order valence-corrected chi connectivity index (χ3v) is 5.94. The molecule has 1 aliphatic rings. The highest BCUT2D eigenvalue weighted by Gasteiger charge is 2.22. The fourth-order valence-electron chi connectivity index (χ4n) is 2.87. The van der Waals surface area contributed by atoms with Crippen molar-refractivity contribution in [2.75, 3.05) is 0 Å². The molecule has 27 heavy (non-hydrogen) atoms. The number of fused-ring (bicyclic) bond motifs is 1. The van der Waals surface area contributed by atoms with Gasteiger partial charge in [-0.3, -0.25) is 4.79 Å². The fourth-order valence-corrected chi connectivity index (χ4v) is 4.43. The van der Waals surface area contributed by atoms with Crippen LogP contribution in [0.3, 0.4) is 0 Å². The molecule has 0 unspecified atom stereocenters. The largest absolute Gasteiger partial charge is 0.488 e. The lowest BCUT2D eigenvalue weighted by Crippen LogP contribution is -2.17. The molecule has 0 saturated carbocycles. The van der Waals surface area contributed by atoms with Gasteiger partial charge in [-0.15, -0.1) is 0 Å². The summed E-state index contributed by atoms with van der Waals surface area (Å²) in [4.78, 5) is 12.4. The number of ether oxygens (including phenoxy) is 1. The van der Waals surface area contributed by atoms with Crippen LogP contribution in [0.15, 0.2) is 70.0 Å². The minimum absolute atomic E-state index is 0.155. The molecule has 0 spiro atoms. The zero-order valence-corrected chi connectivity index (χ0v) is 17.3. The van der Waals surface area contributed by atoms with Gasteiger partial charge in [0.1, 0.15) is 16.7 Å². The second-order valence-corrected chi connectivity index (χ2v) is 8.54. The molecule has 0 bridgehead atoms. The summed E-state index contributed by atoms with van der Waals surface area (Å²) in [7, 11) is 0. The number of halogens is 1. The highest BCUT2D eigenvalue weighted by molar-refractivity contribution is 9.10. The predicted octanol–water partition coefficient (Wildman–Crippen LogP) is 5.67. The van der Waals surface area contributed by atoms with Crippen LogP contribution in [0.4, 0.5) is 0 Å². The quantitative estimate of drug-likeness (QED) is 0.406. The van der Waals surface area contributed by atoms with Gasteiger partial charge < -0.3 is 10.1 Å². The monoisotopic (exact) mass is 455 g/mol. The van der Waals surface area contributed by atoms with Gasteiger partial charge in [0.15, 0.2) is 0 Å². The van der Waals surface area contributed by atoms with Crippen LogP contribution in [0.1, 0.15) is 11.1 Å². The van der Waals surface area contributed by atoms with E-state index in [0.717, 1.165) is 21.3 Å². The molecule has 1 heterocycles. The average Bonchev–Trinajstić information content (AvgIpc) is 2.98. The molecular formula is C21H14BrNO2S2. The lowest BCUT2D eigenvalue weighted by molar-refractivity contribution is -0.115. The Labute approximate surface area is 174 Å². The normalized spacial score (nSPS) is 15.4. The topological polar surface area (TPSA) is 38.3 Å². The van der Waals surface area contributed by atoms with Crippen LogP contribution in [0.5, 0.6) is 5.75 Å². The molecule has 1 fully saturated rings. The predicted molar refractivity (Wildman–Crippen MR) is 119 cm³/mol. The van der Waals surface area contributed by atoms with Crippen molar-refractivity contribution in [2.45, 2.75) is 6.61 Å². The van der Waals surface area contributed by atoms with Gasteiger partial charge in [-0.05, 0) is 56.0 Å². The second-order valence-electron chi connectivity index (χ2n) is 5.97. The molecule has 1 amide bonds. The number of hydrogen-bond acceptors (Lipinski definition) is 4. The summed E-state index contributed by atoms with van der Waals surface area (Å²) in [5, 5.41) is 5.01. The van der Waals surface area contributed by atoms with Crippen molar-refractivity contribution in [3.8, 4) is 5.75 Å². The van der Waals surface area contributed by atoms with Crippen LogP contribution in [-0.4, -0.2) is 10.2 Å². The average molecular weight is 456 g/mol. The Balaban J connectivity index is 1.52. The molecular weight excluding hydrogens is 442 g/mol. The maximum Gasteiger partial charge on any atom is 0.263 e. The Kier molecular flexibility index (Phi) is 5.29. The second kappa shape index (κ2) is 7.84. The van der Waals surface area contributed by atoms with E-state index in [9.17, 15) is 4.79 Å². The van der Waals surface area contributed by atoms with E-state index in [-0.39, 0.29) is 5.91 Å². The highest BCUT2D eigenvalue weighted by atomic mass is 79.9. The smallest absolute Gasteiger partial charge is 0.263 e. The number of benzene rings is 3. The molecule has 1 N–H and O–H groups in total. The number of rotatable bonds is 4. The van der Waals surface area contributed by atoms with Gasteiger partial charge in [-0.25, -0.2) is 0 Å². The maximum atomic E-state index is 11.8. The van der Waals surface area contributed by atoms with Gasteiger partial charge >= 0.3 is 0 Å². The molecule has 134 valence electrons. The summed E-state index contributed by atoms with van der Waals surface area (Å²) in [5.74, 6) is 0.599. The van der Waals surface area contributed by atoms with Crippen molar-refractivity contribution in [1.29, 1.82) is 0 Å². The lowest BCUT2D eigenvalue weighted by Gasteiger charge is -2.11. The van der Waals surface area contributed by atoms with Gasteiger partial charge in [-0.1, -0.05) is 72.5 Å². The van der Waals surface area contributed by atoms with E-state index in [0.29, 0.717) is 15.8 Å². The van der Waals surface area contributed by atoms with Crippen molar-refractivity contribution in [1.82, 2.24) is 5.32 Å². The lowest BCUT2D eigenvalue weighted by atomic mass is 10.1. The number of amides is 1. The van der Waals surface area contributed by atoms with E-state index in [2.05, 4.69) is 45.5 Å². The number of carbonyl (C=O) groups is 1. The first-order valence-electron chi connectivity index (χ1n) is 8.24. The summed E-state index contributed by atoms with van der Waals surface area (Å²) in [5.41, 5.74) is 2.04. The van der Waals surface area contributed by atoms with Crippen LogP contribution in [0.2, 0.25) is 0 Å². The Morgan fingerprint density at radius 2 is 1.93 bits per heavy atom. The zero-order valence-electron chi connectivity index (χ0n) is 14.1. The highest BCUT2D eigenvalue weighted by Crippen LogP contribution is 2.31. The zero-order chi connectivity index (χ0) is 18.8. The molecule has 1 saturated heterocycles. The first kappa shape index (κ1) is 18.2. The van der Waals surface area contributed by atoms with Crippen molar-refractivity contribution >= 4 is 67.0 Å². The van der Waals surface area contributed by atoms with Crippen LogP contribution < -0.4 is 10.1 Å². The Hall–Kier alpha value is -2.15. The third kappa shape index (κ3) is 4.08. The van der Waals surface area contributed by atoms with Crippen molar-refractivity contribution in [3.05, 3.63) is 81.2 Å². The summed E-state index contributed by atoms with van der Waals surface area (Å²) in [6.07, 6.45) is 1.82. The number of hydrogen-bond donors (Lipinski definition) is 1. The summed E-state index contributed by atoms with van der Waals surface area (Å²) < 4.78 is 7.34. The van der Waals surface area contributed by atoms with Crippen molar-refractivity contribution in [2.24, 2.45) is 0 Å². The third-order valence-electron chi connectivity index (χ3n) is 4.16. The number of thiocarbonyl (C=S) groups is 1. The van der Waals surface area contributed by atoms with Crippen LogP contribution in [-0.2, 0) is 11.4 Å². The summed E-state index contributed by atoms with van der Waals surface area (Å²) in [6.45, 7) is 0.479. The molecule has 3 nitrogen and oxygen atoms in total. The minimum atomic E-state index is -0.155. The first-order valence-corrected chi connectivity index (χ1v) is 10.3. The van der Waals surface area contributed by atoms with Crippen molar-refractivity contribution < 1.29 is 9.53 Å².